The number of hydrogen-bond acceptors (Lipinski definition) is 3. The molecule has 0 radical (unpaired) electrons. The molecule has 1 aliphatic heterocycles. The monoisotopic (exact) mass is 289 g/mol. The predicted molar refractivity (Wildman–Crippen MR) is 88.7 cm³/mol. The maximum absolute atomic E-state index is 12.5. The van der Waals surface area contributed by atoms with E-state index in [4.69, 9.17) is 0 Å². The number of rotatable bonds is 2. The van der Waals surface area contributed by atoms with Crippen molar-refractivity contribution in [3.8, 4) is 0 Å². The molecular formula is C18H15N3O. The quantitative estimate of drug-likeness (QED) is 0.787. The second-order valence-electron chi connectivity index (χ2n) is 5.34. The summed E-state index contributed by atoms with van der Waals surface area (Å²) in [5, 5.41) is 3.96. The lowest BCUT2D eigenvalue weighted by Crippen LogP contribution is -2.20. The molecule has 2 aromatic carbocycles. The van der Waals surface area contributed by atoms with Gasteiger partial charge in [0.1, 0.15) is 5.82 Å². The molecule has 22 heavy (non-hydrogen) atoms. The lowest BCUT2D eigenvalue weighted by atomic mass is 10.2. The molecule has 0 saturated heterocycles. The van der Waals surface area contributed by atoms with Crippen molar-refractivity contribution in [2.75, 3.05) is 5.32 Å². The zero-order valence-electron chi connectivity index (χ0n) is 12.0. The highest BCUT2D eigenvalue weighted by atomic mass is 16.1. The molecule has 4 heteroatoms. The Morgan fingerprint density at radius 2 is 1.82 bits per heavy atom. The van der Waals surface area contributed by atoms with Gasteiger partial charge in [0.05, 0.1) is 10.9 Å². The first-order valence-corrected chi connectivity index (χ1v) is 7.33. The van der Waals surface area contributed by atoms with Crippen molar-refractivity contribution in [2.45, 2.75) is 13.0 Å². The summed E-state index contributed by atoms with van der Waals surface area (Å²) in [6.07, 6.45) is 2.77. The van der Waals surface area contributed by atoms with Crippen molar-refractivity contribution in [3.05, 3.63) is 77.0 Å². The molecule has 0 saturated carbocycles. The third-order valence-corrected chi connectivity index (χ3v) is 3.94. The summed E-state index contributed by atoms with van der Waals surface area (Å²) in [6.45, 7) is 0.689. The van der Waals surface area contributed by atoms with Crippen LogP contribution in [0.4, 0.5) is 5.69 Å². The van der Waals surface area contributed by atoms with Crippen molar-refractivity contribution in [3.63, 3.8) is 0 Å². The summed E-state index contributed by atoms with van der Waals surface area (Å²) in [6, 6.07) is 17.5. The SMILES string of the molecule is O=c1c2ccccc2nc2n1CC/C2=C/Nc1ccccc1. The Bertz CT molecular complexity index is 926. The van der Waals surface area contributed by atoms with Gasteiger partial charge in [-0.15, -0.1) is 0 Å². The minimum absolute atomic E-state index is 0.0451. The van der Waals surface area contributed by atoms with Crippen LogP contribution in [0.2, 0.25) is 0 Å². The fourth-order valence-corrected chi connectivity index (χ4v) is 2.81. The van der Waals surface area contributed by atoms with Crippen molar-refractivity contribution in [2.24, 2.45) is 0 Å². The Labute approximate surface area is 127 Å². The average molecular weight is 289 g/mol. The van der Waals surface area contributed by atoms with E-state index >= 15 is 0 Å². The van der Waals surface area contributed by atoms with Gasteiger partial charge in [-0.3, -0.25) is 9.36 Å². The molecule has 1 aliphatic rings. The largest absolute Gasteiger partial charge is 0.361 e. The molecule has 4 rings (SSSR count). The number of hydrogen-bond donors (Lipinski definition) is 1. The van der Waals surface area contributed by atoms with Gasteiger partial charge < -0.3 is 5.32 Å². The molecule has 0 spiro atoms. The molecule has 0 aliphatic carbocycles. The topological polar surface area (TPSA) is 46.9 Å². The number of benzene rings is 2. The Morgan fingerprint density at radius 1 is 1.05 bits per heavy atom. The minimum atomic E-state index is 0.0451. The highest BCUT2D eigenvalue weighted by molar-refractivity contribution is 5.80. The van der Waals surface area contributed by atoms with Gasteiger partial charge in [0.15, 0.2) is 0 Å². The highest BCUT2D eigenvalue weighted by Gasteiger charge is 2.20. The second kappa shape index (κ2) is 5.15. The van der Waals surface area contributed by atoms with Gasteiger partial charge in [0.25, 0.3) is 5.56 Å². The fourth-order valence-electron chi connectivity index (χ4n) is 2.81. The molecule has 0 fully saturated rings. The maximum Gasteiger partial charge on any atom is 0.261 e. The van der Waals surface area contributed by atoms with Crippen LogP contribution in [0.1, 0.15) is 12.2 Å². The van der Waals surface area contributed by atoms with Crippen LogP contribution in [0.3, 0.4) is 0 Å². The van der Waals surface area contributed by atoms with Crippen LogP contribution in [-0.4, -0.2) is 9.55 Å². The highest BCUT2D eigenvalue weighted by Crippen LogP contribution is 2.25. The number of para-hydroxylation sites is 2. The number of nitrogens with zero attached hydrogens (tertiary/aromatic N) is 2. The summed E-state index contributed by atoms with van der Waals surface area (Å²) in [7, 11) is 0. The average Bonchev–Trinajstić information content (AvgIpc) is 2.97. The van der Waals surface area contributed by atoms with Gasteiger partial charge in [0, 0.05) is 24.0 Å². The number of nitrogens with one attached hydrogen (secondary N) is 1. The van der Waals surface area contributed by atoms with Gasteiger partial charge in [-0.05, 0) is 30.7 Å². The fraction of sp³-hybridized carbons (Fsp3) is 0.111. The van der Waals surface area contributed by atoms with Crippen LogP contribution in [-0.2, 0) is 6.54 Å². The summed E-state index contributed by atoms with van der Waals surface area (Å²) < 4.78 is 1.76. The van der Waals surface area contributed by atoms with Crippen LogP contribution in [0.5, 0.6) is 0 Å². The first-order valence-electron chi connectivity index (χ1n) is 7.33. The number of anilines is 1. The zero-order chi connectivity index (χ0) is 14.9. The molecule has 0 unspecified atom stereocenters. The molecule has 0 atom stereocenters. The Balaban J connectivity index is 1.77. The van der Waals surface area contributed by atoms with E-state index in [1.807, 2.05) is 60.8 Å². The molecule has 0 amide bonds. The van der Waals surface area contributed by atoms with Gasteiger partial charge in [-0.25, -0.2) is 4.98 Å². The molecule has 2 heterocycles. The predicted octanol–water partition coefficient (Wildman–Crippen LogP) is 3.25. The van der Waals surface area contributed by atoms with E-state index in [9.17, 15) is 4.79 Å². The van der Waals surface area contributed by atoms with Crippen LogP contribution < -0.4 is 10.9 Å². The smallest absolute Gasteiger partial charge is 0.261 e. The maximum atomic E-state index is 12.5. The van der Waals surface area contributed by atoms with Crippen molar-refractivity contribution in [1.29, 1.82) is 0 Å². The van der Waals surface area contributed by atoms with E-state index in [2.05, 4.69) is 10.3 Å². The van der Waals surface area contributed by atoms with E-state index in [-0.39, 0.29) is 5.56 Å². The zero-order valence-corrected chi connectivity index (χ0v) is 12.0. The Morgan fingerprint density at radius 3 is 2.68 bits per heavy atom. The van der Waals surface area contributed by atoms with Gasteiger partial charge in [-0.1, -0.05) is 30.3 Å². The third-order valence-electron chi connectivity index (χ3n) is 3.94. The minimum Gasteiger partial charge on any atom is -0.361 e. The van der Waals surface area contributed by atoms with Crippen LogP contribution in [0.25, 0.3) is 16.5 Å². The first-order chi connectivity index (χ1) is 10.8. The van der Waals surface area contributed by atoms with Crippen LogP contribution in [0, 0.1) is 0 Å². The van der Waals surface area contributed by atoms with E-state index < -0.39 is 0 Å². The van der Waals surface area contributed by atoms with E-state index in [0.29, 0.717) is 11.9 Å². The van der Waals surface area contributed by atoms with E-state index in [1.54, 1.807) is 4.57 Å². The molecule has 1 N–H and O–H groups in total. The molecule has 108 valence electrons. The lowest BCUT2D eigenvalue weighted by Gasteiger charge is -2.06. The summed E-state index contributed by atoms with van der Waals surface area (Å²) >= 11 is 0. The van der Waals surface area contributed by atoms with Crippen molar-refractivity contribution >= 4 is 22.2 Å². The van der Waals surface area contributed by atoms with E-state index in [1.165, 1.54) is 0 Å². The number of fused-ring (bicyclic) bond motifs is 2. The Hall–Kier alpha value is -2.88. The number of allylic oxidation sites excluding steroid dienone is 1. The normalized spacial score (nSPS) is 15.2. The Kier molecular flexibility index (Phi) is 3.00. The summed E-state index contributed by atoms with van der Waals surface area (Å²) in [4.78, 5) is 17.2. The molecule has 4 nitrogen and oxygen atoms in total. The first kappa shape index (κ1) is 12.8. The van der Waals surface area contributed by atoms with Gasteiger partial charge >= 0.3 is 0 Å². The van der Waals surface area contributed by atoms with Crippen LogP contribution >= 0.6 is 0 Å². The molecule has 0 bridgehead atoms. The van der Waals surface area contributed by atoms with Crippen molar-refractivity contribution in [1.82, 2.24) is 9.55 Å². The second-order valence-corrected chi connectivity index (χ2v) is 5.34. The standard InChI is InChI=1S/C18H15N3O/c22-18-15-8-4-5-9-16(15)20-17-13(10-11-21(17)18)12-19-14-6-2-1-3-7-14/h1-9,12,19H,10-11H2/b13-12-. The molecule has 3 aromatic rings. The van der Waals surface area contributed by atoms with Crippen LogP contribution in [0.15, 0.2) is 65.6 Å². The van der Waals surface area contributed by atoms with Gasteiger partial charge in [-0.2, -0.15) is 0 Å². The van der Waals surface area contributed by atoms with Crippen molar-refractivity contribution < 1.29 is 0 Å². The molecular weight excluding hydrogens is 274 g/mol. The molecule has 1 aromatic heterocycles. The number of aromatic nitrogens is 2. The summed E-state index contributed by atoms with van der Waals surface area (Å²) in [5.74, 6) is 0.770. The summed E-state index contributed by atoms with van der Waals surface area (Å²) in [5.41, 5.74) is 2.89. The lowest BCUT2D eigenvalue weighted by molar-refractivity contribution is 0.725. The van der Waals surface area contributed by atoms with E-state index in [0.717, 1.165) is 29.0 Å². The third kappa shape index (κ3) is 2.09. The van der Waals surface area contributed by atoms with Gasteiger partial charge in [0.2, 0.25) is 0 Å².